The van der Waals surface area contributed by atoms with Crippen molar-refractivity contribution in [3.05, 3.63) is 61.4 Å². The van der Waals surface area contributed by atoms with Gasteiger partial charge in [-0.25, -0.2) is 4.98 Å². The molecule has 2 aromatic heterocycles. The van der Waals surface area contributed by atoms with Gasteiger partial charge in [0, 0.05) is 22.5 Å². The number of pyridine rings is 2. The normalized spacial score (nSPS) is 20.3. The van der Waals surface area contributed by atoms with E-state index in [-0.39, 0.29) is 18.6 Å². The van der Waals surface area contributed by atoms with Gasteiger partial charge in [0.15, 0.2) is 0 Å². The Morgan fingerprint density at radius 3 is 2.71 bits per heavy atom. The number of nitrogens with zero attached hydrogens (tertiary/aromatic N) is 3. The molecule has 1 unspecified atom stereocenters. The lowest BCUT2D eigenvalue weighted by Crippen LogP contribution is -2.32. The number of aliphatic hydroxyl groups excluding tert-OH is 1. The zero-order chi connectivity index (χ0) is 24.4. The molecule has 8 heteroatoms. The Morgan fingerprint density at radius 2 is 1.94 bits per heavy atom. The summed E-state index contributed by atoms with van der Waals surface area (Å²) < 4.78 is 6.90. The van der Waals surface area contributed by atoms with E-state index in [2.05, 4.69) is 17.9 Å². The number of halogens is 1. The lowest BCUT2D eigenvalue weighted by molar-refractivity contribution is -0.146. The van der Waals surface area contributed by atoms with Gasteiger partial charge in [0.2, 0.25) is 0 Å². The van der Waals surface area contributed by atoms with Crippen molar-refractivity contribution in [1.29, 1.82) is 0 Å². The number of hydrogen-bond donors (Lipinski definition) is 1. The summed E-state index contributed by atoms with van der Waals surface area (Å²) in [6.07, 6.45) is 1.12. The van der Waals surface area contributed by atoms with E-state index in [0.29, 0.717) is 28.4 Å². The van der Waals surface area contributed by atoms with Gasteiger partial charge in [0.1, 0.15) is 6.61 Å². The van der Waals surface area contributed by atoms with E-state index in [1.807, 2.05) is 19.1 Å². The van der Waals surface area contributed by atoms with E-state index in [4.69, 9.17) is 21.3 Å². The molecule has 0 spiro atoms. The number of ether oxygens (including phenoxy) is 1. The minimum absolute atomic E-state index is 0.121. The maximum Gasteiger partial charge on any atom is 0.309 e. The number of cyclic esters (lactones) is 1. The molecule has 3 aliphatic rings. The van der Waals surface area contributed by atoms with Crippen molar-refractivity contribution < 1.29 is 14.6 Å². The summed E-state index contributed by atoms with van der Waals surface area (Å²) >= 11 is 6.49. The van der Waals surface area contributed by atoms with Crippen molar-refractivity contribution in [2.24, 2.45) is 5.92 Å². The second kappa shape index (κ2) is 8.43. The molecule has 1 saturated heterocycles. The van der Waals surface area contributed by atoms with Crippen LogP contribution >= 0.6 is 11.6 Å². The molecule has 182 valence electrons. The van der Waals surface area contributed by atoms with Crippen LogP contribution in [-0.4, -0.2) is 38.6 Å². The number of esters is 1. The van der Waals surface area contributed by atoms with Crippen LogP contribution in [0.4, 0.5) is 0 Å². The smallest absolute Gasteiger partial charge is 0.309 e. The topological polar surface area (TPSA) is 84.7 Å². The second-order valence-electron chi connectivity index (χ2n) is 10.2. The van der Waals surface area contributed by atoms with Gasteiger partial charge in [0.25, 0.3) is 5.56 Å². The number of fused-ring (bicyclic) bond motifs is 5. The Morgan fingerprint density at radius 1 is 1.17 bits per heavy atom. The molecule has 0 aliphatic carbocycles. The summed E-state index contributed by atoms with van der Waals surface area (Å²) in [6.45, 7) is 7.48. The molecule has 3 aliphatic heterocycles. The third kappa shape index (κ3) is 3.77. The molecule has 0 amide bonds. The number of likely N-dealkylation sites (tertiary alicyclic amines) is 1. The van der Waals surface area contributed by atoms with Crippen LogP contribution in [0.2, 0.25) is 5.02 Å². The van der Waals surface area contributed by atoms with E-state index in [9.17, 15) is 14.7 Å². The van der Waals surface area contributed by atoms with Crippen molar-refractivity contribution in [3.63, 3.8) is 0 Å². The van der Waals surface area contributed by atoms with E-state index in [0.717, 1.165) is 53.3 Å². The van der Waals surface area contributed by atoms with Gasteiger partial charge in [-0.05, 0) is 73.7 Å². The van der Waals surface area contributed by atoms with Crippen LogP contribution in [-0.2, 0) is 29.2 Å². The number of aliphatic hydroxyl groups is 1. The first-order valence-corrected chi connectivity index (χ1v) is 12.6. The fraction of sp³-hybridized carbons (Fsp3) is 0.444. The molecule has 3 aromatic rings. The number of benzene rings is 1. The highest BCUT2D eigenvalue weighted by Crippen LogP contribution is 2.39. The number of carbonyl (C=O) groups is 1. The van der Waals surface area contributed by atoms with Crippen LogP contribution in [0.15, 0.2) is 23.0 Å². The first-order chi connectivity index (χ1) is 16.8. The van der Waals surface area contributed by atoms with Crippen LogP contribution in [0.25, 0.3) is 22.3 Å². The zero-order valence-electron chi connectivity index (χ0n) is 19.9. The first-order valence-electron chi connectivity index (χ1n) is 12.2. The summed E-state index contributed by atoms with van der Waals surface area (Å²) in [6, 6.07) is 5.83. The quantitative estimate of drug-likeness (QED) is 0.423. The van der Waals surface area contributed by atoms with Crippen molar-refractivity contribution in [1.82, 2.24) is 14.5 Å². The van der Waals surface area contributed by atoms with Crippen molar-refractivity contribution in [2.45, 2.75) is 58.9 Å². The standard InChI is InChI=1S/C27H28ClN3O4/c1-14-3-5-30(6-4-14)11-18-16-7-15(2)21(28)9-22(16)29-26-19(18)12-31-23(26)8-17-20(27(31)34)13-35-25(33)10-24(17)32/h7-9,14,24,32H,3-6,10-13H2,1-2H3. The SMILES string of the molecule is Cc1cc2c(CN3CCC(C)CC3)c3c(nc2cc1Cl)-c1cc2c(c(=O)n1C3)COC(=O)CC2O. The molecule has 7 nitrogen and oxygen atoms in total. The number of aromatic nitrogens is 2. The third-order valence-corrected chi connectivity index (χ3v) is 8.24. The molecular formula is C27H28ClN3O4. The van der Waals surface area contributed by atoms with Gasteiger partial charge >= 0.3 is 5.97 Å². The molecule has 1 fully saturated rings. The molecule has 0 radical (unpaired) electrons. The molecule has 1 atom stereocenters. The summed E-state index contributed by atoms with van der Waals surface area (Å²) in [4.78, 5) is 32.8. The Labute approximate surface area is 208 Å². The summed E-state index contributed by atoms with van der Waals surface area (Å²) in [5.74, 6) is 0.233. The van der Waals surface area contributed by atoms with Gasteiger partial charge in [-0.15, -0.1) is 0 Å². The molecule has 6 rings (SSSR count). The van der Waals surface area contributed by atoms with E-state index < -0.39 is 12.1 Å². The van der Waals surface area contributed by atoms with Crippen molar-refractivity contribution in [3.8, 4) is 11.4 Å². The van der Waals surface area contributed by atoms with Crippen LogP contribution in [0.1, 0.15) is 60.1 Å². The van der Waals surface area contributed by atoms with Crippen molar-refractivity contribution in [2.75, 3.05) is 13.1 Å². The molecule has 1 aromatic carbocycles. The Kier molecular flexibility index (Phi) is 5.47. The van der Waals surface area contributed by atoms with E-state index in [1.54, 1.807) is 4.57 Å². The summed E-state index contributed by atoms with van der Waals surface area (Å²) in [5, 5.41) is 12.4. The lowest BCUT2D eigenvalue weighted by atomic mass is 9.95. The number of aryl methyl sites for hydroxylation is 1. The average Bonchev–Trinajstić information content (AvgIpc) is 3.12. The Balaban J connectivity index is 1.54. The predicted molar refractivity (Wildman–Crippen MR) is 133 cm³/mol. The monoisotopic (exact) mass is 493 g/mol. The van der Waals surface area contributed by atoms with Crippen LogP contribution in [0, 0.1) is 12.8 Å². The highest BCUT2D eigenvalue weighted by atomic mass is 35.5. The van der Waals surface area contributed by atoms with Gasteiger partial charge in [-0.1, -0.05) is 18.5 Å². The highest BCUT2D eigenvalue weighted by Gasteiger charge is 2.32. The van der Waals surface area contributed by atoms with Gasteiger partial charge in [-0.3, -0.25) is 14.5 Å². The van der Waals surface area contributed by atoms with Crippen LogP contribution < -0.4 is 5.56 Å². The number of carbonyl (C=O) groups excluding carboxylic acids is 1. The van der Waals surface area contributed by atoms with Gasteiger partial charge in [0.05, 0.1) is 41.5 Å². The van der Waals surface area contributed by atoms with Crippen molar-refractivity contribution >= 4 is 28.5 Å². The van der Waals surface area contributed by atoms with Crippen LogP contribution in [0.3, 0.4) is 0 Å². The largest absolute Gasteiger partial charge is 0.460 e. The molecule has 0 saturated carbocycles. The maximum atomic E-state index is 13.5. The Hall–Kier alpha value is -2.74. The first kappa shape index (κ1) is 22.7. The summed E-state index contributed by atoms with van der Waals surface area (Å²) in [5.41, 5.74) is 6.01. The molecule has 0 bridgehead atoms. The maximum absolute atomic E-state index is 13.5. The predicted octanol–water partition coefficient (Wildman–Crippen LogP) is 4.10. The Bertz CT molecular complexity index is 1440. The van der Waals surface area contributed by atoms with E-state index in [1.165, 1.54) is 18.4 Å². The lowest BCUT2D eigenvalue weighted by Gasteiger charge is -2.31. The average molecular weight is 494 g/mol. The van der Waals surface area contributed by atoms with Crippen LogP contribution in [0.5, 0.6) is 0 Å². The highest BCUT2D eigenvalue weighted by molar-refractivity contribution is 6.32. The molecule has 5 heterocycles. The second-order valence-corrected chi connectivity index (χ2v) is 10.6. The molecule has 1 N–H and O–H groups in total. The third-order valence-electron chi connectivity index (χ3n) is 7.83. The number of rotatable bonds is 2. The summed E-state index contributed by atoms with van der Waals surface area (Å²) in [7, 11) is 0. The fourth-order valence-electron chi connectivity index (χ4n) is 5.65. The number of hydrogen-bond acceptors (Lipinski definition) is 6. The van der Waals surface area contributed by atoms with E-state index >= 15 is 0 Å². The molecular weight excluding hydrogens is 466 g/mol. The zero-order valence-corrected chi connectivity index (χ0v) is 20.7. The van der Waals surface area contributed by atoms with Gasteiger partial charge < -0.3 is 14.4 Å². The number of piperidine rings is 1. The molecule has 35 heavy (non-hydrogen) atoms. The minimum Gasteiger partial charge on any atom is -0.460 e. The minimum atomic E-state index is -1.07. The van der Waals surface area contributed by atoms with Gasteiger partial charge in [-0.2, -0.15) is 0 Å². The fourth-order valence-corrected chi connectivity index (χ4v) is 5.80.